The van der Waals surface area contributed by atoms with Crippen molar-refractivity contribution in [3.63, 3.8) is 0 Å². The van der Waals surface area contributed by atoms with E-state index >= 15 is 0 Å². The summed E-state index contributed by atoms with van der Waals surface area (Å²) in [5, 5.41) is 5.99. The zero-order valence-electron chi connectivity index (χ0n) is 10.8. The molecule has 1 aliphatic heterocycles. The summed E-state index contributed by atoms with van der Waals surface area (Å²) in [6.45, 7) is 1.50. The number of aromatic nitrogens is 1. The monoisotopic (exact) mass is 287 g/mol. The molecule has 1 atom stereocenters. The molecule has 4 nitrogen and oxygen atoms in total. The molecule has 1 aromatic rings. The van der Waals surface area contributed by atoms with Gasteiger partial charge in [0.2, 0.25) is 0 Å². The number of carbonyl (C=O) groups excluding carboxylic acids is 1. The Kier molecular flexibility index (Phi) is 4.59. The predicted octanol–water partition coefficient (Wildman–Crippen LogP) is 1.97. The first kappa shape index (κ1) is 14.8. The number of hydrogen-bond donors (Lipinski definition) is 2. The molecule has 2 heterocycles. The van der Waals surface area contributed by atoms with Crippen LogP contribution in [0.15, 0.2) is 18.3 Å². The fraction of sp³-hybridized carbons (Fsp3) is 0.538. The number of nitrogens with one attached hydrogen (secondary N) is 2. The van der Waals surface area contributed by atoms with Crippen LogP contribution in [0.3, 0.4) is 0 Å². The van der Waals surface area contributed by atoms with Crippen LogP contribution in [0.4, 0.5) is 13.2 Å². The second kappa shape index (κ2) is 6.21. The van der Waals surface area contributed by atoms with Crippen LogP contribution in [0.25, 0.3) is 0 Å². The van der Waals surface area contributed by atoms with E-state index in [2.05, 4.69) is 15.6 Å². The van der Waals surface area contributed by atoms with Gasteiger partial charge in [0.1, 0.15) is 5.69 Å². The highest BCUT2D eigenvalue weighted by molar-refractivity contribution is 5.93. The van der Waals surface area contributed by atoms with E-state index in [1.807, 2.05) is 0 Å². The average molecular weight is 287 g/mol. The average Bonchev–Trinajstić information content (AvgIpc) is 2.91. The molecule has 0 saturated carbocycles. The first-order valence-electron chi connectivity index (χ1n) is 6.51. The number of hydrogen-bond acceptors (Lipinski definition) is 3. The lowest BCUT2D eigenvalue weighted by molar-refractivity contribution is -0.141. The summed E-state index contributed by atoms with van der Waals surface area (Å²) in [6.07, 6.45) is -0.478. The fourth-order valence-electron chi connectivity index (χ4n) is 2.16. The third-order valence-corrected chi connectivity index (χ3v) is 3.26. The minimum Gasteiger partial charge on any atom is -0.352 e. The van der Waals surface area contributed by atoms with Crippen LogP contribution in [0.1, 0.15) is 35.3 Å². The Morgan fingerprint density at radius 3 is 2.80 bits per heavy atom. The van der Waals surface area contributed by atoms with Crippen LogP contribution in [0.2, 0.25) is 0 Å². The minimum atomic E-state index is -4.48. The molecule has 20 heavy (non-hydrogen) atoms. The van der Waals surface area contributed by atoms with E-state index < -0.39 is 17.8 Å². The van der Waals surface area contributed by atoms with Gasteiger partial charge in [-0.2, -0.15) is 13.2 Å². The van der Waals surface area contributed by atoms with Crippen molar-refractivity contribution in [3.8, 4) is 0 Å². The van der Waals surface area contributed by atoms with E-state index in [0.717, 1.165) is 44.1 Å². The topological polar surface area (TPSA) is 54.0 Å². The molecule has 110 valence electrons. The molecule has 1 amide bonds. The smallest absolute Gasteiger partial charge is 0.352 e. The lowest BCUT2D eigenvalue weighted by atomic mass is 10.1. The van der Waals surface area contributed by atoms with Crippen molar-refractivity contribution in [1.82, 2.24) is 15.6 Å². The third kappa shape index (κ3) is 3.93. The summed E-state index contributed by atoms with van der Waals surface area (Å²) < 4.78 is 37.0. The molecule has 0 aromatic carbocycles. The SMILES string of the molecule is O=C(NCC[C@@H]1CCCN1)c1ccc(C(F)(F)F)nc1. The second-order valence-corrected chi connectivity index (χ2v) is 4.77. The molecule has 1 fully saturated rings. The molecular weight excluding hydrogens is 271 g/mol. The second-order valence-electron chi connectivity index (χ2n) is 4.77. The molecule has 0 aliphatic carbocycles. The van der Waals surface area contributed by atoms with E-state index in [1.165, 1.54) is 0 Å². The molecule has 0 bridgehead atoms. The highest BCUT2D eigenvalue weighted by Gasteiger charge is 2.32. The van der Waals surface area contributed by atoms with Gasteiger partial charge in [0.05, 0.1) is 5.56 Å². The highest BCUT2D eigenvalue weighted by atomic mass is 19.4. The Labute approximate surface area is 114 Å². The normalized spacial score (nSPS) is 19.1. The van der Waals surface area contributed by atoms with Gasteiger partial charge in [0.25, 0.3) is 5.91 Å². The number of nitrogens with zero attached hydrogens (tertiary/aromatic N) is 1. The Bertz CT molecular complexity index is 453. The number of carbonyl (C=O) groups is 1. The van der Waals surface area contributed by atoms with Gasteiger partial charge >= 0.3 is 6.18 Å². The maximum Gasteiger partial charge on any atom is 0.433 e. The number of rotatable bonds is 4. The van der Waals surface area contributed by atoms with Crippen molar-refractivity contribution in [3.05, 3.63) is 29.6 Å². The van der Waals surface area contributed by atoms with Crippen LogP contribution >= 0.6 is 0 Å². The number of alkyl halides is 3. The van der Waals surface area contributed by atoms with Crippen molar-refractivity contribution in [2.45, 2.75) is 31.5 Å². The summed E-state index contributed by atoms with van der Waals surface area (Å²) >= 11 is 0. The van der Waals surface area contributed by atoms with Gasteiger partial charge in [-0.3, -0.25) is 9.78 Å². The van der Waals surface area contributed by atoms with Crippen LogP contribution < -0.4 is 10.6 Å². The Morgan fingerprint density at radius 2 is 2.25 bits per heavy atom. The van der Waals surface area contributed by atoms with E-state index in [1.54, 1.807) is 0 Å². The van der Waals surface area contributed by atoms with Gasteiger partial charge < -0.3 is 10.6 Å². The molecule has 7 heteroatoms. The molecular formula is C13H16F3N3O. The lowest BCUT2D eigenvalue weighted by Crippen LogP contribution is -2.30. The molecule has 0 spiro atoms. The summed E-state index contributed by atoms with van der Waals surface area (Å²) in [5.74, 6) is -0.399. The standard InChI is InChI=1S/C13H16F3N3O/c14-13(15,16)11-4-3-9(8-19-11)12(20)18-7-5-10-2-1-6-17-10/h3-4,8,10,17H,1-2,5-7H2,(H,18,20)/t10-/m0/s1. The maximum absolute atomic E-state index is 12.3. The predicted molar refractivity (Wildman–Crippen MR) is 67.2 cm³/mol. The van der Waals surface area contributed by atoms with Crippen LogP contribution in [-0.2, 0) is 6.18 Å². The molecule has 1 aliphatic rings. The maximum atomic E-state index is 12.3. The summed E-state index contributed by atoms with van der Waals surface area (Å²) in [6, 6.07) is 2.37. The van der Waals surface area contributed by atoms with Crippen molar-refractivity contribution in [1.29, 1.82) is 0 Å². The van der Waals surface area contributed by atoms with Crippen LogP contribution in [0.5, 0.6) is 0 Å². The van der Waals surface area contributed by atoms with Gasteiger partial charge in [0.15, 0.2) is 0 Å². The number of pyridine rings is 1. The van der Waals surface area contributed by atoms with E-state index in [0.29, 0.717) is 12.6 Å². The third-order valence-electron chi connectivity index (χ3n) is 3.26. The van der Waals surface area contributed by atoms with Crippen molar-refractivity contribution in [2.75, 3.05) is 13.1 Å². The van der Waals surface area contributed by atoms with Crippen molar-refractivity contribution in [2.24, 2.45) is 0 Å². The highest BCUT2D eigenvalue weighted by Crippen LogP contribution is 2.27. The molecule has 1 saturated heterocycles. The first-order valence-corrected chi connectivity index (χ1v) is 6.51. The summed E-state index contributed by atoms with van der Waals surface area (Å²) in [7, 11) is 0. The van der Waals surface area contributed by atoms with Crippen LogP contribution in [0, 0.1) is 0 Å². The molecule has 1 aromatic heterocycles. The van der Waals surface area contributed by atoms with Crippen molar-refractivity contribution < 1.29 is 18.0 Å². The molecule has 0 unspecified atom stereocenters. The lowest BCUT2D eigenvalue weighted by Gasteiger charge is -2.11. The largest absolute Gasteiger partial charge is 0.433 e. The first-order chi connectivity index (χ1) is 9.47. The van der Waals surface area contributed by atoms with E-state index in [4.69, 9.17) is 0 Å². The van der Waals surface area contributed by atoms with Gasteiger partial charge in [-0.1, -0.05) is 0 Å². The zero-order valence-corrected chi connectivity index (χ0v) is 10.8. The molecule has 2 N–H and O–H groups in total. The van der Waals surface area contributed by atoms with Gasteiger partial charge in [0, 0.05) is 18.8 Å². The Morgan fingerprint density at radius 1 is 1.45 bits per heavy atom. The fourth-order valence-corrected chi connectivity index (χ4v) is 2.16. The van der Waals surface area contributed by atoms with Crippen LogP contribution in [-0.4, -0.2) is 30.0 Å². The summed E-state index contributed by atoms with van der Waals surface area (Å²) in [5.41, 5.74) is -0.860. The molecule has 0 radical (unpaired) electrons. The minimum absolute atomic E-state index is 0.136. The zero-order chi connectivity index (χ0) is 14.6. The Balaban J connectivity index is 1.82. The summed E-state index contributed by atoms with van der Waals surface area (Å²) in [4.78, 5) is 15.0. The van der Waals surface area contributed by atoms with Gasteiger partial charge in [-0.05, 0) is 37.9 Å². The quantitative estimate of drug-likeness (QED) is 0.890. The van der Waals surface area contributed by atoms with E-state index in [-0.39, 0.29) is 5.56 Å². The number of amides is 1. The molecule has 2 rings (SSSR count). The van der Waals surface area contributed by atoms with Gasteiger partial charge in [-0.15, -0.1) is 0 Å². The van der Waals surface area contributed by atoms with Crippen molar-refractivity contribution >= 4 is 5.91 Å². The number of halogens is 3. The van der Waals surface area contributed by atoms with Gasteiger partial charge in [-0.25, -0.2) is 0 Å². The van der Waals surface area contributed by atoms with E-state index in [9.17, 15) is 18.0 Å². The Hall–Kier alpha value is -1.63.